The molecule has 0 saturated heterocycles. The Morgan fingerprint density at radius 2 is 1.60 bits per heavy atom. The standard InChI is InChI=1S/C20H21N3O3.C2H4O2/c21-16(10-13-6-2-1-3-7-13)19(24)23-18(20(25)26)11-14-12-22-17-9-5-4-8-15(14)17;1-2(3)4/h1-9,12,16,18,22H,10-11,21H2,(H,23,24)(H,25,26);1H3,(H,3,4)/t16-,18-;/m0./s1. The lowest BCUT2D eigenvalue weighted by molar-refractivity contribution is -0.142. The lowest BCUT2D eigenvalue weighted by atomic mass is 10.0. The Morgan fingerprint density at radius 3 is 2.23 bits per heavy atom. The number of amides is 1. The molecule has 1 amide bonds. The van der Waals surface area contributed by atoms with Crippen molar-refractivity contribution < 1.29 is 24.6 Å². The van der Waals surface area contributed by atoms with Crippen LogP contribution in [0, 0.1) is 0 Å². The topological polar surface area (TPSA) is 146 Å². The van der Waals surface area contributed by atoms with E-state index >= 15 is 0 Å². The van der Waals surface area contributed by atoms with Gasteiger partial charge in [0.25, 0.3) is 5.97 Å². The summed E-state index contributed by atoms with van der Waals surface area (Å²) in [5.41, 5.74) is 8.65. The van der Waals surface area contributed by atoms with Crippen LogP contribution in [0.3, 0.4) is 0 Å². The summed E-state index contributed by atoms with van der Waals surface area (Å²) in [6, 6.07) is 15.2. The fourth-order valence-electron chi connectivity index (χ4n) is 2.96. The van der Waals surface area contributed by atoms with E-state index in [-0.39, 0.29) is 6.42 Å². The summed E-state index contributed by atoms with van der Waals surface area (Å²) in [5.74, 6) is -2.39. The zero-order valence-corrected chi connectivity index (χ0v) is 16.5. The summed E-state index contributed by atoms with van der Waals surface area (Å²) >= 11 is 0. The molecule has 0 unspecified atom stereocenters. The third-order valence-corrected chi connectivity index (χ3v) is 4.35. The van der Waals surface area contributed by atoms with Crippen molar-refractivity contribution in [1.29, 1.82) is 0 Å². The summed E-state index contributed by atoms with van der Waals surface area (Å²) in [6.07, 6.45) is 2.31. The van der Waals surface area contributed by atoms with Crippen LogP contribution in [-0.2, 0) is 27.2 Å². The van der Waals surface area contributed by atoms with Gasteiger partial charge in [-0.05, 0) is 23.6 Å². The Balaban J connectivity index is 0.000000735. The molecule has 1 aromatic heterocycles. The number of benzene rings is 2. The fourth-order valence-corrected chi connectivity index (χ4v) is 2.96. The lowest BCUT2D eigenvalue weighted by Crippen LogP contribution is -2.50. The molecule has 2 aromatic carbocycles. The molecule has 3 aromatic rings. The monoisotopic (exact) mass is 411 g/mol. The molecule has 8 heteroatoms. The van der Waals surface area contributed by atoms with Crippen molar-refractivity contribution in [3.63, 3.8) is 0 Å². The van der Waals surface area contributed by atoms with E-state index in [1.165, 1.54) is 0 Å². The number of aromatic nitrogens is 1. The molecule has 30 heavy (non-hydrogen) atoms. The van der Waals surface area contributed by atoms with E-state index < -0.39 is 29.9 Å². The van der Waals surface area contributed by atoms with Crippen molar-refractivity contribution in [3.05, 3.63) is 71.9 Å². The van der Waals surface area contributed by atoms with Crippen molar-refractivity contribution in [3.8, 4) is 0 Å². The lowest BCUT2D eigenvalue weighted by Gasteiger charge is -2.18. The predicted octanol–water partition coefficient (Wildman–Crippen LogP) is 1.94. The number of para-hydroxylation sites is 1. The zero-order chi connectivity index (χ0) is 22.1. The second-order valence-electron chi connectivity index (χ2n) is 6.78. The van der Waals surface area contributed by atoms with Gasteiger partial charge in [-0.2, -0.15) is 0 Å². The van der Waals surface area contributed by atoms with E-state index in [1.54, 1.807) is 6.20 Å². The van der Waals surface area contributed by atoms with E-state index in [0.29, 0.717) is 6.42 Å². The highest BCUT2D eigenvalue weighted by molar-refractivity contribution is 5.88. The largest absolute Gasteiger partial charge is 0.481 e. The Hall–Kier alpha value is -3.65. The van der Waals surface area contributed by atoms with E-state index in [9.17, 15) is 14.7 Å². The molecule has 1 heterocycles. The van der Waals surface area contributed by atoms with Gasteiger partial charge in [0.1, 0.15) is 6.04 Å². The summed E-state index contributed by atoms with van der Waals surface area (Å²) in [6.45, 7) is 1.08. The molecule has 0 aliphatic rings. The third kappa shape index (κ3) is 6.75. The van der Waals surface area contributed by atoms with Gasteiger partial charge in [-0.25, -0.2) is 4.79 Å². The maximum atomic E-state index is 12.3. The van der Waals surface area contributed by atoms with Crippen LogP contribution in [0.15, 0.2) is 60.8 Å². The molecule has 2 atom stereocenters. The minimum absolute atomic E-state index is 0.184. The van der Waals surface area contributed by atoms with Crippen molar-refractivity contribution in [2.75, 3.05) is 0 Å². The molecule has 0 aliphatic heterocycles. The Kier molecular flexibility index (Phi) is 8.13. The Labute approximate surface area is 173 Å². The number of carbonyl (C=O) groups excluding carboxylic acids is 1. The first-order valence-electron chi connectivity index (χ1n) is 9.35. The number of nitrogens with one attached hydrogen (secondary N) is 2. The molecule has 0 aliphatic carbocycles. The SMILES string of the molecule is CC(=O)O.N[C@@H](Cc1ccccc1)C(=O)N[C@@H](Cc1c[nH]c2ccccc12)C(=O)O. The van der Waals surface area contributed by atoms with Gasteiger partial charge in [0.2, 0.25) is 5.91 Å². The van der Waals surface area contributed by atoms with Crippen LogP contribution in [0.4, 0.5) is 0 Å². The van der Waals surface area contributed by atoms with Crippen LogP contribution in [-0.4, -0.2) is 45.1 Å². The first-order valence-corrected chi connectivity index (χ1v) is 9.35. The first kappa shape index (κ1) is 22.6. The van der Waals surface area contributed by atoms with Crippen LogP contribution in [0.2, 0.25) is 0 Å². The van der Waals surface area contributed by atoms with Crippen LogP contribution < -0.4 is 11.1 Å². The summed E-state index contributed by atoms with van der Waals surface area (Å²) in [4.78, 5) is 36.1. The number of H-pyrrole nitrogens is 1. The average Bonchev–Trinajstić information content (AvgIpc) is 3.10. The number of fused-ring (bicyclic) bond motifs is 1. The highest BCUT2D eigenvalue weighted by Gasteiger charge is 2.24. The van der Waals surface area contributed by atoms with Gasteiger partial charge in [0, 0.05) is 30.4 Å². The maximum absolute atomic E-state index is 12.3. The minimum atomic E-state index is -1.09. The van der Waals surface area contributed by atoms with Gasteiger partial charge in [0.15, 0.2) is 0 Å². The van der Waals surface area contributed by atoms with Gasteiger partial charge < -0.3 is 26.2 Å². The van der Waals surface area contributed by atoms with E-state index in [4.69, 9.17) is 15.6 Å². The first-order chi connectivity index (χ1) is 14.3. The Morgan fingerprint density at radius 1 is 1.00 bits per heavy atom. The van der Waals surface area contributed by atoms with Crippen LogP contribution in [0.5, 0.6) is 0 Å². The molecule has 0 spiro atoms. The predicted molar refractivity (Wildman–Crippen MR) is 113 cm³/mol. The summed E-state index contributed by atoms with van der Waals surface area (Å²) in [7, 11) is 0. The number of nitrogens with two attached hydrogens (primary N) is 1. The minimum Gasteiger partial charge on any atom is -0.481 e. The highest BCUT2D eigenvalue weighted by atomic mass is 16.4. The molecular formula is C22H25N3O5. The van der Waals surface area contributed by atoms with Crippen LogP contribution >= 0.6 is 0 Å². The number of aliphatic carboxylic acids is 2. The number of carboxylic acids is 2. The van der Waals surface area contributed by atoms with Crippen LogP contribution in [0.25, 0.3) is 10.9 Å². The Bertz CT molecular complexity index is 996. The zero-order valence-electron chi connectivity index (χ0n) is 16.5. The van der Waals surface area contributed by atoms with Crippen molar-refractivity contribution >= 4 is 28.7 Å². The number of hydrogen-bond acceptors (Lipinski definition) is 4. The van der Waals surface area contributed by atoms with Gasteiger partial charge in [-0.15, -0.1) is 0 Å². The molecule has 0 bridgehead atoms. The normalized spacial score (nSPS) is 12.3. The molecule has 6 N–H and O–H groups in total. The number of aromatic amines is 1. The summed E-state index contributed by atoms with van der Waals surface area (Å²) in [5, 5.41) is 20.4. The van der Waals surface area contributed by atoms with Gasteiger partial charge >= 0.3 is 5.97 Å². The fraction of sp³-hybridized carbons (Fsp3) is 0.227. The van der Waals surface area contributed by atoms with Crippen molar-refractivity contribution in [1.82, 2.24) is 10.3 Å². The number of carbonyl (C=O) groups is 3. The van der Waals surface area contributed by atoms with Gasteiger partial charge in [-0.1, -0.05) is 48.5 Å². The molecule has 0 saturated carbocycles. The smallest absolute Gasteiger partial charge is 0.326 e. The number of hydrogen-bond donors (Lipinski definition) is 5. The quantitative estimate of drug-likeness (QED) is 0.402. The molecule has 0 fully saturated rings. The molecule has 158 valence electrons. The molecule has 3 rings (SSSR count). The average molecular weight is 411 g/mol. The van der Waals surface area contributed by atoms with Crippen molar-refractivity contribution in [2.24, 2.45) is 5.73 Å². The van der Waals surface area contributed by atoms with Crippen LogP contribution in [0.1, 0.15) is 18.1 Å². The number of carboxylic acid groups (broad SMARTS) is 2. The maximum Gasteiger partial charge on any atom is 0.326 e. The van der Waals surface area contributed by atoms with E-state index in [1.807, 2.05) is 54.6 Å². The summed E-state index contributed by atoms with van der Waals surface area (Å²) < 4.78 is 0. The van der Waals surface area contributed by atoms with Crippen molar-refractivity contribution in [2.45, 2.75) is 31.8 Å². The van der Waals surface area contributed by atoms with Gasteiger partial charge in [-0.3, -0.25) is 9.59 Å². The van der Waals surface area contributed by atoms with E-state index in [2.05, 4.69) is 10.3 Å². The van der Waals surface area contributed by atoms with E-state index in [0.717, 1.165) is 29.0 Å². The molecule has 8 nitrogen and oxygen atoms in total. The number of rotatable bonds is 7. The molecule has 0 radical (unpaired) electrons. The molecular weight excluding hydrogens is 386 g/mol. The second-order valence-corrected chi connectivity index (χ2v) is 6.78. The third-order valence-electron chi connectivity index (χ3n) is 4.35. The highest BCUT2D eigenvalue weighted by Crippen LogP contribution is 2.19. The van der Waals surface area contributed by atoms with Gasteiger partial charge in [0.05, 0.1) is 6.04 Å². The second kappa shape index (κ2) is 10.8.